The Morgan fingerprint density at radius 2 is 2.08 bits per heavy atom. The SMILES string of the molecule is C[C@@H]1CCc2sc(C(=O)OCC(=O)Nc3ccc(Cl)cc3)cc2C1. The highest BCUT2D eigenvalue weighted by molar-refractivity contribution is 7.14. The molecule has 0 bridgehead atoms. The predicted molar refractivity (Wildman–Crippen MR) is 95.9 cm³/mol. The highest BCUT2D eigenvalue weighted by Crippen LogP contribution is 2.32. The van der Waals surface area contributed by atoms with Crippen molar-refractivity contribution in [2.75, 3.05) is 11.9 Å². The van der Waals surface area contributed by atoms with E-state index >= 15 is 0 Å². The van der Waals surface area contributed by atoms with Crippen molar-refractivity contribution in [3.05, 3.63) is 50.7 Å². The molecule has 1 aromatic carbocycles. The third-order valence-electron chi connectivity index (χ3n) is 3.99. The molecule has 0 aliphatic heterocycles. The van der Waals surface area contributed by atoms with Crippen LogP contribution in [0.1, 0.15) is 33.5 Å². The lowest BCUT2D eigenvalue weighted by molar-refractivity contribution is -0.119. The minimum absolute atomic E-state index is 0.305. The first-order valence-electron chi connectivity index (χ1n) is 7.85. The molecule has 1 amide bonds. The van der Waals surface area contributed by atoms with Gasteiger partial charge in [-0.2, -0.15) is 0 Å². The average Bonchev–Trinajstić information content (AvgIpc) is 2.98. The molecule has 126 valence electrons. The lowest BCUT2D eigenvalue weighted by atomic mass is 9.90. The van der Waals surface area contributed by atoms with Crippen molar-refractivity contribution in [1.82, 2.24) is 0 Å². The van der Waals surface area contributed by atoms with E-state index < -0.39 is 5.97 Å². The van der Waals surface area contributed by atoms with E-state index in [9.17, 15) is 9.59 Å². The maximum Gasteiger partial charge on any atom is 0.348 e. The van der Waals surface area contributed by atoms with Crippen LogP contribution in [0.5, 0.6) is 0 Å². The van der Waals surface area contributed by atoms with E-state index in [4.69, 9.17) is 16.3 Å². The van der Waals surface area contributed by atoms with Gasteiger partial charge in [-0.25, -0.2) is 4.79 Å². The molecule has 1 aromatic heterocycles. The smallest absolute Gasteiger partial charge is 0.348 e. The maximum absolute atomic E-state index is 12.1. The standard InChI is InChI=1S/C18H18ClNO3S/c1-11-2-7-15-12(8-11)9-16(24-15)18(22)23-10-17(21)20-14-5-3-13(19)4-6-14/h3-6,9,11H,2,7-8,10H2,1H3,(H,20,21)/t11-/m1/s1. The van der Waals surface area contributed by atoms with Crippen LogP contribution < -0.4 is 5.32 Å². The first kappa shape index (κ1) is 17.0. The topological polar surface area (TPSA) is 55.4 Å². The summed E-state index contributed by atoms with van der Waals surface area (Å²) in [6, 6.07) is 8.66. The van der Waals surface area contributed by atoms with Crippen molar-refractivity contribution >= 4 is 40.5 Å². The predicted octanol–water partition coefficient (Wildman–Crippen LogP) is 4.32. The summed E-state index contributed by atoms with van der Waals surface area (Å²) in [4.78, 5) is 25.8. The van der Waals surface area contributed by atoms with Gasteiger partial charge in [-0.15, -0.1) is 11.3 Å². The van der Waals surface area contributed by atoms with Gasteiger partial charge >= 0.3 is 5.97 Å². The second kappa shape index (κ2) is 7.36. The molecule has 1 heterocycles. The molecule has 6 heteroatoms. The number of amides is 1. The van der Waals surface area contributed by atoms with Gasteiger partial charge in [0, 0.05) is 15.6 Å². The molecule has 2 aromatic rings. The number of hydrogen-bond acceptors (Lipinski definition) is 4. The molecule has 4 nitrogen and oxygen atoms in total. The quantitative estimate of drug-likeness (QED) is 0.823. The second-order valence-electron chi connectivity index (χ2n) is 6.04. The maximum atomic E-state index is 12.1. The largest absolute Gasteiger partial charge is 0.451 e. The van der Waals surface area contributed by atoms with Crippen molar-refractivity contribution in [1.29, 1.82) is 0 Å². The van der Waals surface area contributed by atoms with Crippen molar-refractivity contribution < 1.29 is 14.3 Å². The minimum atomic E-state index is -0.437. The zero-order valence-corrected chi connectivity index (χ0v) is 14.9. The fraction of sp³-hybridized carbons (Fsp3) is 0.333. The van der Waals surface area contributed by atoms with Crippen molar-refractivity contribution in [3.63, 3.8) is 0 Å². The molecule has 1 aliphatic carbocycles. The van der Waals surface area contributed by atoms with E-state index in [1.54, 1.807) is 24.3 Å². The van der Waals surface area contributed by atoms with Crippen LogP contribution in [0.3, 0.4) is 0 Å². The molecule has 0 saturated carbocycles. The summed E-state index contributed by atoms with van der Waals surface area (Å²) < 4.78 is 5.12. The Morgan fingerprint density at radius 3 is 2.83 bits per heavy atom. The second-order valence-corrected chi connectivity index (χ2v) is 7.61. The number of thiophene rings is 1. The summed E-state index contributed by atoms with van der Waals surface area (Å²) in [5, 5.41) is 3.25. The highest BCUT2D eigenvalue weighted by atomic mass is 35.5. The number of nitrogens with one attached hydrogen (secondary N) is 1. The Balaban J connectivity index is 1.53. The third kappa shape index (κ3) is 4.16. The molecule has 0 spiro atoms. The molecule has 3 rings (SSSR count). The first-order chi connectivity index (χ1) is 11.5. The van der Waals surface area contributed by atoms with Crippen LogP contribution in [0.2, 0.25) is 5.02 Å². The Morgan fingerprint density at radius 1 is 1.33 bits per heavy atom. The van der Waals surface area contributed by atoms with Crippen LogP contribution in [0.15, 0.2) is 30.3 Å². The summed E-state index contributed by atoms with van der Waals surface area (Å²) in [5.74, 6) is -0.157. The number of hydrogen-bond donors (Lipinski definition) is 1. The molecule has 0 unspecified atom stereocenters. The lowest BCUT2D eigenvalue weighted by Gasteiger charge is -2.16. The summed E-state index contributed by atoms with van der Waals surface area (Å²) in [6.45, 7) is 1.92. The van der Waals surface area contributed by atoms with Gasteiger partial charge in [0.1, 0.15) is 4.88 Å². The van der Waals surface area contributed by atoms with Crippen LogP contribution in [0, 0.1) is 5.92 Å². The van der Waals surface area contributed by atoms with E-state index in [2.05, 4.69) is 12.2 Å². The van der Waals surface area contributed by atoms with Gasteiger partial charge in [0.05, 0.1) is 0 Å². The fourth-order valence-electron chi connectivity index (χ4n) is 2.74. The Bertz CT molecular complexity index is 754. The van der Waals surface area contributed by atoms with Gasteiger partial charge in [0.25, 0.3) is 5.91 Å². The van der Waals surface area contributed by atoms with E-state index in [0.717, 1.165) is 19.3 Å². The number of carbonyl (C=O) groups excluding carboxylic acids is 2. The molecule has 1 N–H and O–H groups in total. The number of anilines is 1. The van der Waals surface area contributed by atoms with Crippen molar-refractivity contribution in [2.24, 2.45) is 5.92 Å². The summed E-state index contributed by atoms with van der Waals surface area (Å²) in [6.07, 6.45) is 3.19. The Kier molecular flexibility index (Phi) is 5.21. The zero-order chi connectivity index (χ0) is 17.1. The number of fused-ring (bicyclic) bond motifs is 1. The number of carbonyl (C=O) groups is 2. The van der Waals surface area contributed by atoms with Crippen molar-refractivity contribution in [2.45, 2.75) is 26.2 Å². The van der Waals surface area contributed by atoms with Gasteiger partial charge in [-0.1, -0.05) is 18.5 Å². The molecule has 1 aliphatic rings. The molecule has 0 saturated heterocycles. The van der Waals surface area contributed by atoms with Gasteiger partial charge in [0.2, 0.25) is 0 Å². The Labute approximate surface area is 149 Å². The Hall–Kier alpha value is -1.85. The van der Waals surface area contributed by atoms with Gasteiger partial charge in [0.15, 0.2) is 6.61 Å². The van der Waals surface area contributed by atoms with E-state index in [1.807, 2.05) is 6.07 Å². The fourth-order valence-corrected chi connectivity index (χ4v) is 3.97. The number of aryl methyl sites for hydroxylation is 1. The number of halogens is 1. The van der Waals surface area contributed by atoms with Gasteiger partial charge < -0.3 is 10.1 Å². The number of esters is 1. The van der Waals surface area contributed by atoms with Crippen molar-refractivity contribution in [3.8, 4) is 0 Å². The zero-order valence-electron chi connectivity index (χ0n) is 13.3. The van der Waals surface area contributed by atoms with Crippen LogP contribution in [0.4, 0.5) is 5.69 Å². The summed E-state index contributed by atoms with van der Waals surface area (Å²) in [7, 11) is 0. The highest BCUT2D eigenvalue weighted by Gasteiger charge is 2.21. The number of ether oxygens (including phenoxy) is 1. The minimum Gasteiger partial charge on any atom is -0.451 e. The normalized spacial score (nSPS) is 16.3. The number of rotatable bonds is 4. The summed E-state index contributed by atoms with van der Waals surface area (Å²) in [5.41, 5.74) is 1.86. The van der Waals surface area contributed by atoms with Crippen LogP contribution in [0.25, 0.3) is 0 Å². The van der Waals surface area contributed by atoms with E-state index in [0.29, 0.717) is 21.5 Å². The molecular weight excluding hydrogens is 346 g/mol. The third-order valence-corrected chi connectivity index (χ3v) is 5.46. The first-order valence-corrected chi connectivity index (χ1v) is 9.05. The van der Waals surface area contributed by atoms with Gasteiger partial charge in [-0.3, -0.25) is 4.79 Å². The van der Waals surface area contributed by atoms with Crippen LogP contribution >= 0.6 is 22.9 Å². The molecule has 0 radical (unpaired) electrons. The van der Waals surface area contributed by atoms with E-state index in [1.165, 1.54) is 21.8 Å². The number of benzene rings is 1. The molecule has 24 heavy (non-hydrogen) atoms. The van der Waals surface area contributed by atoms with Crippen LogP contribution in [-0.4, -0.2) is 18.5 Å². The van der Waals surface area contributed by atoms with E-state index in [-0.39, 0.29) is 12.5 Å². The molecule has 0 fully saturated rings. The molecular formula is C18H18ClNO3S. The average molecular weight is 364 g/mol. The lowest BCUT2D eigenvalue weighted by Crippen LogP contribution is -2.20. The monoisotopic (exact) mass is 363 g/mol. The summed E-state index contributed by atoms with van der Waals surface area (Å²) >= 11 is 7.27. The molecule has 1 atom stereocenters. The van der Waals surface area contributed by atoms with Crippen LogP contribution in [-0.2, 0) is 22.4 Å². The van der Waals surface area contributed by atoms with Gasteiger partial charge in [-0.05, 0) is 61.1 Å².